The van der Waals surface area contributed by atoms with E-state index in [1.54, 1.807) is 18.5 Å². The fourth-order valence-electron chi connectivity index (χ4n) is 2.30. The summed E-state index contributed by atoms with van der Waals surface area (Å²) in [7, 11) is 0. The van der Waals surface area contributed by atoms with Crippen LogP contribution < -0.4 is 5.32 Å². The van der Waals surface area contributed by atoms with Crippen LogP contribution in [0, 0.1) is 13.8 Å². The minimum absolute atomic E-state index is 0.149. The molecule has 2 N–H and O–H groups in total. The first kappa shape index (κ1) is 12.4. The second-order valence-corrected chi connectivity index (χ2v) is 4.87. The van der Waals surface area contributed by atoms with Crippen LogP contribution in [0.2, 0.25) is 0 Å². The van der Waals surface area contributed by atoms with Gasteiger partial charge in [0.2, 0.25) is 0 Å². The molecule has 0 fully saturated rings. The summed E-state index contributed by atoms with van der Waals surface area (Å²) in [6.07, 6.45) is 3.30. The van der Waals surface area contributed by atoms with E-state index >= 15 is 0 Å². The number of carbonyl (C=O) groups is 1. The molecule has 1 amide bonds. The summed E-state index contributed by atoms with van der Waals surface area (Å²) in [6.45, 7) is 4.00. The Hall–Kier alpha value is -2.62. The molecule has 0 saturated carbocycles. The molecular weight excluding hydrogens is 250 g/mol. The minimum atomic E-state index is -0.149. The Morgan fingerprint density at radius 3 is 2.85 bits per heavy atom. The van der Waals surface area contributed by atoms with Gasteiger partial charge in [-0.15, -0.1) is 0 Å². The average Bonchev–Trinajstić information content (AvgIpc) is 2.77. The highest BCUT2D eigenvalue weighted by Crippen LogP contribution is 2.23. The molecule has 0 radical (unpaired) electrons. The van der Waals surface area contributed by atoms with Crippen LogP contribution in [-0.2, 0) is 0 Å². The molecule has 1 aromatic carbocycles. The van der Waals surface area contributed by atoms with E-state index in [-0.39, 0.29) is 5.91 Å². The number of fused-ring (bicyclic) bond motifs is 1. The van der Waals surface area contributed by atoms with Crippen LogP contribution in [0.15, 0.2) is 42.7 Å². The highest BCUT2D eigenvalue weighted by Gasteiger charge is 2.14. The first-order chi connectivity index (χ1) is 9.65. The highest BCUT2D eigenvalue weighted by atomic mass is 16.1. The summed E-state index contributed by atoms with van der Waals surface area (Å²) in [6, 6.07) is 9.71. The van der Waals surface area contributed by atoms with E-state index in [0.29, 0.717) is 11.4 Å². The first-order valence-electron chi connectivity index (χ1n) is 6.45. The lowest BCUT2D eigenvalue weighted by Gasteiger charge is -2.03. The number of hydrogen-bond acceptors (Lipinski definition) is 2. The molecule has 2 heterocycles. The zero-order valence-electron chi connectivity index (χ0n) is 11.4. The predicted octanol–water partition coefficient (Wildman–Crippen LogP) is 3.43. The molecular formula is C16H15N3O. The molecule has 0 bridgehead atoms. The van der Waals surface area contributed by atoms with Gasteiger partial charge in [0.05, 0.1) is 11.9 Å². The molecule has 0 atom stereocenters. The summed E-state index contributed by atoms with van der Waals surface area (Å²) in [4.78, 5) is 19.5. The second-order valence-electron chi connectivity index (χ2n) is 4.87. The molecule has 0 aliphatic heterocycles. The topological polar surface area (TPSA) is 57.8 Å². The molecule has 2 aromatic heterocycles. The standard InChI is InChI=1S/C16H15N3O/c1-10-5-6-14-13(8-10)11(2)15(19-14)16(20)18-12-4-3-7-17-9-12/h3-9,19H,1-2H3,(H,18,20). The smallest absolute Gasteiger partial charge is 0.272 e. The molecule has 0 spiro atoms. The fourth-order valence-corrected chi connectivity index (χ4v) is 2.30. The molecule has 0 aliphatic carbocycles. The quantitative estimate of drug-likeness (QED) is 0.745. The number of carbonyl (C=O) groups excluding carboxylic acids is 1. The number of pyridine rings is 1. The molecule has 4 nitrogen and oxygen atoms in total. The number of anilines is 1. The monoisotopic (exact) mass is 265 g/mol. The Kier molecular flexibility index (Phi) is 2.99. The Bertz CT molecular complexity index is 775. The van der Waals surface area contributed by atoms with E-state index in [1.807, 2.05) is 32.0 Å². The largest absolute Gasteiger partial charge is 0.350 e. The lowest BCUT2D eigenvalue weighted by atomic mass is 10.1. The Balaban J connectivity index is 1.98. The number of aromatic amines is 1. The maximum Gasteiger partial charge on any atom is 0.272 e. The second kappa shape index (κ2) is 4.81. The minimum Gasteiger partial charge on any atom is -0.350 e. The molecule has 0 saturated heterocycles. The van der Waals surface area contributed by atoms with E-state index in [2.05, 4.69) is 21.4 Å². The van der Waals surface area contributed by atoms with Crippen molar-refractivity contribution < 1.29 is 4.79 Å². The highest BCUT2D eigenvalue weighted by molar-refractivity contribution is 6.07. The van der Waals surface area contributed by atoms with Crippen LogP contribution >= 0.6 is 0 Å². The number of hydrogen-bond donors (Lipinski definition) is 2. The lowest BCUT2D eigenvalue weighted by Crippen LogP contribution is -2.13. The summed E-state index contributed by atoms with van der Waals surface area (Å²) < 4.78 is 0. The Labute approximate surface area is 116 Å². The van der Waals surface area contributed by atoms with Crippen molar-refractivity contribution in [2.24, 2.45) is 0 Å². The predicted molar refractivity (Wildman–Crippen MR) is 80.0 cm³/mol. The number of aromatic nitrogens is 2. The van der Waals surface area contributed by atoms with Gasteiger partial charge in [0.1, 0.15) is 5.69 Å². The number of nitrogens with zero attached hydrogens (tertiary/aromatic N) is 1. The Morgan fingerprint density at radius 2 is 2.10 bits per heavy atom. The van der Waals surface area contributed by atoms with Crippen molar-refractivity contribution in [2.75, 3.05) is 5.32 Å². The van der Waals surface area contributed by atoms with Gasteiger partial charge in [-0.3, -0.25) is 9.78 Å². The zero-order chi connectivity index (χ0) is 14.1. The zero-order valence-corrected chi connectivity index (χ0v) is 11.4. The van der Waals surface area contributed by atoms with Crippen LogP contribution in [0.1, 0.15) is 21.6 Å². The number of aryl methyl sites for hydroxylation is 2. The first-order valence-corrected chi connectivity index (χ1v) is 6.45. The van der Waals surface area contributed by atoms with E-state index in [1.165, 1.54) is 5.56 Å². The van der Waals surface area contributed by atoms with Crippen LogP contribution in [-0.4, -0.2) is 15.9 Å². The van der Waals surface area contributed by atoms with Crippen molar-refractivity contribution >= 4 is 22.5 Å². The van der Waals surface area contributed by atoms with Crippen LogP contribution in [0.5, 0.6) is 0 Å². The number of benzene rings is 1. The number of H-pyrrole nitrogens is 1. The Morgan fingerprint density at radius 1 is 1.25 bits per heavy atom. The molecule has 100 valence electrons. The van der Waals surface area contributed by atoms with Crippen LogP contribution in [0.25, 0.3) is 10.9 Å². The van der Waals surface area contributed by atoms with E-state index < -0.39 is 0 Å². The van der Waals surface area contributed by atoms with Crippen molar-refractivity contribution in [3.05, 3.63) is 59.5 Å². The van der Waals surface area contributed by atoms with Crippen molar-refractivity contribution in [3.63, 3.8) is 0 Å². The third kappa shape index (κ3) is 2.16. The molecule has 0 unspecified atom stereocenters. The van der Waals surface area contributed by atoms with Gasteiger partial charge >= 0.3 is 0 Å². The molecule has 0 aliphatic rings. The normalized spacial score (nSPS) is 10.7. The number of amides is 1. The van der Waals surface area contributed by atoms with Gasteiger partial charge in [0.25, 0.3) is 5.91 Å². The van der Waals surface area contributed by atoms with Crippen molar-refractivity contribution in [2.45, 2.75) is 13.8 Å². The van der Waals surface area contributed by atoms with E-state index in [0.717, 1.165) is 16.5 Å². The van der Waals surface area contributed by atoms with Crippen molar-refractivity contribution in [3.8, 4) is 0 Å². The van der Waals surface area contributed by atoms with Crippen molar-refractivity contribution in [1.29, 1.82) is 0 Å². The van der Waals surface area contributed by atoms with E-state index in [4.69, 9.17) is 0 Å². The summed E-state index contributed by atoms with van der Waals surface area (Å²) in [5.74, 6) is -0.149. The van der Waals surface area contributed by atoms with Crippen LogP contribution in [0.3, 0.4) is 0 Å². The summed E-state index contributed by atoms with van der Waals surface area (Å²) in [5, 5.41) is 3.93. The van der Waals surface area contributed by atoms with Gasteiger partial charge < -0.3 is 10.3 Å². The van der Waals surface area contributed by atoms with Crippen LogP contribution in [0.4, 0.5) is 5.69 Å². The average molecular weight is 265 g/mol. The number of rotatable bonds is 2. The number of nitrogens with one attached hydrogen (secondary N) is 2. The van der Waals surface area contributed by atoms with Gasteiger partial charge in [-0.25, -0.2) is 0 Å². The van der Waals surface area contributed by atoms with Gasteiger partial charge in [0.15, 0.2) is 0 Å². The lowest BCUT2D eigenvalue weighted by molar-refractivity contribution is 0.102. The molecule has 4 heteroatoms. The summed E-state index contributed by atoms with van der Waals surface area (Å²) >= 11 is 0. The third-order valence-electron chi connectivity index (χ3n) is 3.36. The van der Waals surface area contributed by atoms with Gasteiger partial charge in [0, 0.05) is 17.1 Å². The maximum atomic E-state index is 12.3. The van der Waals surface area contributed by atoms with Gasteiger partial charge in [-0.1, -0.05) is 11.6 Å². The van der Waals surface area contributed by atoms with Gasteiger partial charge in [-0.05, 0) is 43.7 Å². The maximum absolute atomic E-state index is 12.3. The van der Waals surface area contributed by atoms with E-state index in [9.17, 15) is 4.79 Å². The molecule has 3 aromatic rings. The summed E-state index contributed by atoms with van der Waals surface area (Å²) in [5.41, 5.74) is 4.40. The third-order valence-corrected chi connectivity index (χ3v) is 3.36. The molecule has 3 rings (SSSR count). The van der Waals surface area contributed by atoms with Gasteiger partial charge in [-0.2, -0.15) is 0 Å². The fraction of sp³-hybridized carbons (Fsp3) is 0.125. The van der Waals surface area contributed by atoms with Crippen molar-refractivity contribution in [1.82, 2.24) is 9.97 Å². The SMILES string of the molecule is Cc1ccc2[nH]c(C(=O)Nc3cccnc3)c(C)c2c1. The molecule has 20 heavy (non-hydrogen) atoms.